The highest BCUT2D eigenvalue weighted by Gasteiger charge is 2.12. The van der Waals surface area contributed by atoms with Gasteiger partial charge in [-0.25, -0.2) is 0 Å². The van der Waals surface area contributed by atoms with Gasteiger partial charge in [0.05, 0.1) is 0 Å². The molecule has 3 aromatic rings. The van der Waals surface area contributed by atoms with E-state index < -0.39 is 0 Å². The van der Waals surface area contributed by atoms with Crippen LogP contribution in [0, 0.1) is 13.8 Å². The summed E-state index contributed by atoms with van der Waals surface area (Å²) in [5, 5.41) is 20.8. The summed E-state index contributed by atoms with van der Waals surface area (Å²) in [7, 11) is 0. The summed E-state index contributed by atoms with van der Waals surface area (Å²) in [4.78, 5) is 1.42. The fourth-order valence-corrected chi connectivity index (χ4v) is 2.05. The molecule has 0 bridgehead atoms. The maximum atomic E-state index is 12.1. The molecule has 0 amide bonds. The number of rotatable bonds is 1. The van der Waals surface area contributed by atoms with Crippen LogP contribution in [0.4, 0.5) is 0 Å². The maximum absolute atomic E-state index is 12.1. The van der Waals surface area contributed by atoms with Crippen LogP contribution in [0.15, 0.2) is 36.4 Å². The Balaban J connectivity index is 2.26. The van der Waals surface area contributed by atoms with E-state index in [2.05, 4.69) is 10.2 Å². The van der Waals surface area contributed by atoms with E-state index in [1.54, 1.807) is 0 Å². The van der Waals surface area contributed by atoms with Gasteiger partial charge in [0, 0.05) is 0 Å². The third kappa shape index (κ3) is 1.62. The molecule has 3 rings (SSSR count). The Kier molecular flexibility index (Phi) is 2.30. The van der Waals surface area contributed by atoms with Crippen molar-refractivity contribution in [3.63, 3.8) is 0 Å². The number of hydrogen-bond donors (Lipinski definition) is 0. The third-order valence-electron chi connectivity index (χ3n) is 2.90. The van der Waals surface area contributed by atoms with Crippen molar-refractivity contribution in [1.82, 2.24) is 15.0 Å². The van der Waals surface area contributed by atoms with Gasteiger partial charge in [-0.05, 0) is 43.2 Å². The molecule has 0 N–H and O–H groups in total. The number of fused-ring (bicyclic) bond motifs is 1. The van der Waals surface area contributed by atoms with E-state index in [1.807, 2.05) is 50.2 Å². The average Bonchev–Trinajstić information content (AvgIpc) is 2.77. The predicted molar refractivity (Wildman–Crippen MR) is 68.5 cm³/mol. The van der Waals surface area contributed by atoms with Gasteiger partial charge >= 0.3 is 0 Å². The van der Waals surface area contributed by atoms with Gasteiger partial charge in [0.2, 0.25) is 5.75 Å². The molecule has 0 atom stereocenters. The minimum absolute atomic E-state index is 0.0269. The van der Waals surface area contributed by atoms with E-state index in [1.165, 1.54) is 4.80 Å². The lowest BCUT2D eigenvalue weighted by Crippen LogP contribution is -2.00. The second-order valence-electron chi connectivity index (χ2n) is 4.41. The Morgan fingerprint density at radius 1 is 1.00 bits per heavy atom. The molecule has 2 aromatic carbocycles. The molecule has 1 aromatic heterocycles. The third-order valence-corrected chi connectivity index (χ3v) is 2.90. The van der Waals surface area contributed by atoms with Gasteiger partial charge in [-0.15, -0.1) is 15.0 Å². The van der Waals surface area contributed by atoms with Crippen molar-refractivity contribution in [2.75, 3.05) is 0 Å². The standard InChI is InChI=1S/C14H12N3O/c1-9-7-10(2)14(18)13(8-9)17-15-11-5-3-4-6-12(11)16-17/h3-8H,1-2H3. The molecule has 1 radical (unpaired) electrons. The van der Waals surface area contributed by atoms with E-state index in [9.17, 15) is 5.11 Å². The normalized spacial score (nSPS) is 11.0. The summed E-state index contributed by atoms with van der Waals surface area (Å²) in [6, 6.07) is 11.3. The topological polar surface area (TPSA) is 50.6 Å². The molecule has 18 heavy (non-hydrogen) atoms. The molecule has 0 saturated carbocycles. The summed E-state index contributed by atoms with van der Waals surface area (Å²) < 4.78 is 0. The Bertz CT molecular complexity index is 698. The number of benzene rings is 2. The summed E-state index contributed by atoms with van der Waals surface area (Å²) in [5.74, 6) is -0.0269. The Hall–Kier alpha value is -2.36. The minimum atomic E-state index is -0.0269. The first-order valence-corrected chi connectivity index (χ1v) is 5.76. The zero-order valence-corrected chi connectivity index (χ0v) is 10.2. The predicted octanol–water partition coefficient (Wildman–Crippen LogP) is 3.18. The number of aromatic nitrogens is 3. The largest absolute Gasteiger partial charge is 0.287 e. The molecule has 0 spiro atoms. The highest BCUT2D eigenvalue weighted by molar-refractivity contribution is 5.73. The van der Waals surface area contributed by atoms with Crippen LogP contribution in [-0.4, -0.2) is 15.0 Å². The average molecular weight is 238 g/mol. The van der Waals surface area contributed by atoms with Gasteiger partial charge < -0.3 is 0 Å². The SMILES string of the molecule is Cc1cc(C)c([O])c(-n2nc3ccccc3n2)c1. The van der Waals surface area contributed by atoms with Crippen molar-refractivity contribution < 1.29 is 5.11 Å². The van der Waals surface area contributed by atoms with Gasteiger partial charge in [0.1, 0.15) is 16.7 Å². The fraction of sp³-hybridized carbons (Fsp3) is 0.143. The first-order chi connectivity index (χ1) is 8.65. The van der Waals surface area contributed by atoms with Crippen molar-refractivity contribution in [3.8, 4) is 11.4 Å². The minimum Gasteiger partial charge on any atom is -0.287 e. The molecule has 1 heterocycles. The fourth-order valence-electron chi connectivity index (χ4n) is 2.05. The molecule has 0 aliphatic carbocycles. The van der Waals surface area contributed by atoms with E-state index in [-0.39, 0.29) is 5.75 Å². The zero-order chi connectivity index (χ0) is 12.7. The molecular formula is C14H12N3O. The van der Waals surface area contributed by atoms with Gasteiger partial charge in [0.25, 0.3) is 0 Å². The van der Waals surface area contributed by atoms with Crippen LogP contribution < -0.4 is 0 Å². The Labute approximate surface area is 104 Å². The second kappa shape index (κ2) is 3.84. The Morgan fingerprint density at radius 2 is 1.61 bits per heavy atom. The molecule has 0 unspecified atom stereocenters. The van der Waals surface area contributed by atoms with Gasteiger partial charge in [0.15, 0.2) is 0 Å². The lowest BCUT2D eigenvalue weighted by atomic mass is 10.1. The summed E-state index contributed by atoms with van der Waals surface area (Å²) in [6.45, 7) is 3.77. The van der Waals surface area contributed by atoms with Crippen molar-refractivity contribution in [1.29, 1.82) is 0 Å². The lowest BCUT2D eigenvalue weighted by Gasteiger charge is -2.05. The highest BCUT2D eigenvalue weighted by Crippen LogP contribution is 2.27. The zero-order valence-electron chi connectivity index (χ0n) is 10.2. The van der Waals surface area contributed by atoms with Gasteiger partial charge in [-0.2, -0.15) is 0 Å². The summed E-state index contributed by atoms with van der Waals surface area (Å²) >= 11 is 0. The monoisotopic (exact) mass is 238 g/mol. The van der Waals surface area contributed by atoms with Crippen LogP contribution in [0.25, 0.3) is 16.7 Å². The molecule has 89 valence electrons. The number of nitrogens with zero attached hydrogens (tertiary/aromatic N) is 3. The second-order valence-corrected chi connectivity index (χ2v) is 4.41. The highest BCUT2D eigenvalue weighted by atomic mass is 16.3. The van der Waals surface area contributed by atoms with Crippen molar-refractivity contribution in [2.45, 2.75) is 13.8 Å². The first-order valence-electron chi connectivity index (χ1n) is 5.76. The van der Waals surface area contributed by atoms with E-state index in [4.69, 9.17) is 0 Å². The van der Waals surface area contributed by atoms with Gasteiger partial charge in [-0.1, -0.05) is 18.2 Å². The maximum Gasteiger partial charge on any atom is 0.208 e. The van der Waals surface area contributed by atoms with Gasteiger partial charge in [-0.3, -0.25) is 5.11 Å². The van der Waals surface area contributed by atoms with Crippen molar-refractivity contribution in [2.24, 2.45) is 0 Å². The first kappa shape index (κ1) is 10.8. The van der Waals surface area contributed by atoms with Crippen LogP contribution in [0.3, 0.4) is 0 Å². The molecule has 4 nitrogen and oxygen atoms in total. The lowest BCUT2D eigenvalue weighted by molar-refractivity contribution is 0.348. The molecule has 0 aliphatic heterocycles. The van der Waals surface area contributed by atoms with Crippen LogP contribution >= 0.6 is 0 Å². The Morgan fingerprint density at radius 3 is 2.22 bits per heavy atom. The molecular weight excluding hydrogens is 226 g/mol. The molecule has 0 fully saturated rings. The van der Waals surface area contributed by atoms with Crippen LogP contribution in [-0.2, 0) is 5.11 Å². The number of hydrogen-bond acceptors (Lipinski definition) is 2. The van der Waals surface area contributed by atoms with Crippen LogP contribution in [0.2, 0.25) is 0 Å². The van der Waals surface area contributed by atoms with Crippen LogP contribution in [0.1, 0.15) is 11.1 Å². The van der Waals surface area contributed by atoms with Crippen molar-refractivity contribution in [3.05, 3.63) is 47.5 Å². The van der Waals surface area contributed by atoms with E-state index >= 15 is 0 Å². The van der Waals surface area contributed by atoms with Crippen molar-refractivity contribution >= 4 is 11.0 Å². The molecule has 0 saturated heterocycles. The van der Waals surface area contributed by atoms with E-state index in [0.717, 1.165) is 16.6 Å². The molecule has 0 aliphatic rings. The van der Waals surface area contributed by atoms with E-state index in [0.29, 0.717) is 11.3 Å². The summed E-state index contributed by atoms with van der Waals surface area (Å²) in [5.41, 5.74) is 3.82. The smallest absolute Gasteiger partial charge is 0.208 e. The van der Waals surface area contributed by atoms with Crippen LogP contribution in [0.5, 0.6) is 5.75 Å². The molecule has 4 heteroatoms. The summed E-state index contributed by atoms with van der Waals surface area (Å²) in [6.07, 6.45) is 0. The number of aryl methyl sites for hydroxylation is 2. The quantitative estimate of drug-likeness (QED) is 0.653.